The Morgan fingerprint density at radius 3 is 2.69 bits per heavy atom. The maximum atomic E-state index is 11.4. The van der Waals surface area contributed by atoms with Crippen molar-refractivity contribution in [1.82, 2.24) is 4.72 Å². The molecule has 0 bridgehead atoms. The van der Waals surface area contributed by atoms with Gasteiger partial charge in [-0.2, -0.15) is 0 Å². The van der Waals surface area contributed by atoms with E-state index in [-0.39, 0.29) is 4.21 Å². The van der Waals surface area contributed by atoms with Crippen molar-refractivity contribution in [2.24, 2.45) is 0 Å². The van der Waals surface area contributed by atoms with E-state index in [0.717, 1.165) is 15.8 Å². The molecule has 1 N–H and O–H groups in total. The van der Waals surface area contributed by atoms with Gasteiger partial charge in [0.25, 0.3) is 0 Å². The molecule has 1 heterocycles. The molecule has 74 valence electrons. The van der Waals surface area contributed by atoms with Gasteiger partial charge < -0.3 is 0 Å². The van der Waals surface area contributed by atoms with E-state index in [9.17, 15) is 8.42 Å². The van der Waals surface area contributed by atoms with Crippen LogP contribution in [0.5, 0.6) is 0 Å². The van der Waals surface area contributed by atoms with Gasteiger partial charge in [-0.25, -0.2) is 13.1 Å². The summed E-state index contributed by atoms with van der Waals surface area (Å²) in [5, 5.41) is 0. The summed E-state index contributed by atoms with van der Waals surface area (Å²) in [4.78, 5) is 0. The fourth-order valence-corrected chi connectivity index (χ4v) is 3.88. The van der Waals surface area contributed by atoms with E-state index in [4.69, 9.17) is 11.6 Å². The van der Waals surface area contributed by atoms with Gasteiger partial charge in [-0.3, -0.25) is 0 Å². The number of nitrogens with one attached hydrogen (secondary N) is 1. The lowest BCUT2D eigenvalue weighted by atomic mass is 10.7. The Morgan fingerprint density at radius 2 is 2.23 bits per heavy atom. The van der Waals surface area contributed by atoms with Gasteiger partial charge in [0.05, 0.1) is 4.34 Å². The minimum Gasteiger partial charge on any atom is -0.210 e. The molecule has 0 spiro atoms. The van der Waals surface area contributed by atoms with E-state index >= 15 is 0 Å². The van der Waals surface area contributed by atoms with Crippen LogP contribution < -0.4 is 4.72 Å². The van der Waals surface area contributed by atoms with Gasteiger partial charge in [0.15, 0.2) is 0 Å². The van der Waals surface area contributed by atoms with Crippen LogP contribution in [0.4, 0.5) is 0 Å². The monoisotopic (exact) mass is 351 g/mol. The van der Waals surface area contributed by atoms with Crippen LogP contribution in [0.1, 0.15) is 0 Å². The summed E-state index contributed by atoms with van der Waals surface area (Å²) in [7, 11) is -3.32. The van der Waals surface area contributed by atoms with Crippen LogP contribution in [-0.2, 0) is 10.0 Å². The van der Waals surface area contributed by atoms with E-state index in [0.29, 0.717) is 10.9 Å². The molecule has 1 aromatic heterocycles. The number of rotatable bonds is 4. The number of halogens is 2. The normalized spacial score (nSPS) is 11.8. The molecular weight excluding hydrogens is 345 g/mol. The topological polar surface area (TPSA) is 46.2 Å². The minimum absolute atomic E-state index is 0.266. The Bertz CT molecular complexity index is 376. The summed E-state index contributed by atoms with van der Waals surface area (Å²) in [5.41, 5.74) is 0. The lowest BCUT2D eigenvalue weighted by Crippen LogP contribution is -2.24. The number of sulfonamides is 1. The highest BCUT2D eigenvalue weighted by Crippen LogP contribution is 2.25. The highest BCUT2D eigenvalue weighted by Gasteiger charge is 2.14. The van der Waals surface area contributed by atoms with E-state index in [1.165, 1.54) is 6.07 Å². The van der Waals surface area contributed by atoms with Gasteiger partial charge in [-0.15, -0.1) is 11.3 Å². The molecule has 1 aromatic rings. The number of thiophene rings is 1. The zero-order valence-electron chi connectivity index (χ0n) is 6.46. The van der Waals surface area contributed by atoms with Crippen molar-refractivity contribution in [2.45, 2.75) is 4.21 Å². The van der Waals surface area contributed by atoms with E-state index in [1.54, 1.807) is 6.07 Å². The predicted molar refractivity (Wildman–Crippen MR) is 63.4 cm³/mol. The predicted octanol–water partition coefficient (Wildman–Crippen LogP) is 2.11. The second-order valence-electron chi connectivity index (χ2n) is 2.15. The molecule has 0 saturated heterocycles. The van der Waals surface area contributed by atoms with Crippen LogP contribution in [0.25, 0.3) is 0 Å². The summed E-state index contributed by atoms with van der Waals surface area (Å²) >= 11 is 8.79. The molecule has 7 heteroatoms. The second kappa shape index (κ2) is 4.92. The van der Waals surface area contributed by atoms with Crippen LogP contribution in [0.15, 0.2) is 16.3 Å². The average Bonchev–Trinajstić information content (AvgIpc) is 2.49. The van der Waals surface area contributed by atoms with Gasteiger partial charge in [-0.05, 0) is 12.1 Å². The minimum atomic E-state index is -3.32. The van der Waals surface area contributed by atoms with Crippen LogP contribution in [0.3, 0.4) is 0 Å². The number of alkyl halides is 1. The van der Waals surface area contributed by atoms with E-state index < -0.39 is 10.0 Å². The average molecular weight is 352 g/mol. The van der Waals surface area contributed by atoms with Gasteiger partial charge in [0.1, 0.15) is 4.21 Å². The SMILES string of the molecule is O=S(=O)(NCCI)c1ccc(Cl)s1. The fourth-order valence-electron chi connectivity index (χ4n) is 0.686. The smallest absolute Gasteiger partial charge is 0.210 e. The standard InChI is InChI=1S/C6H7ClINO2S2/c7-5-1-2-6(12-5)13(10,11)9-4-3-8/h1-2,9H,3-4H2. The third-order valence-corrected chi connectivity index (χ3v) is 4.92. The second-order valence-corrected chi connectivity index (χ2v) is 6.93. The zero-order chi connectivity index (χ0) is 9.90. The van der Waals surface area contributed by atoms with Crippen molar-refractivity contribution in [3.05, 3.63) is 16.5 Å². The first-order valence-corrected chi connectivity index (χ1v) is 7.57. The maximum Gasteiger partial charge on any atom is 0.250 e. The van der Waals surface area contributed by atoms with Crippen LogP contribution in [0, 0.1) is 0 Å². The maximum absolute atomic E-state index is 11.4. The third kappa shape index (κ3) is 3.35. The molecule has 0 fully saturated rings. The van der Waals surface area contributed by atoms with Gasteiger partial charge in [-0.1, -0.05) is 34.2 Å². The Labute approximate surface area is 99.7 Å². The molecule has 0 saturated carbocycles. The summed E-state index contributed by atoms with van der Waals surface area (Å²) in [5.74, 6) is 0. The Morgan fingerprint density at radius 1 is 1.54 bits per heavy atom. The Kier molecular flexibility index (Phi) is 4.43. The molecule has 0 amide bonds. The molecule has 0 aliphatic heterocycles. The van der Waals surface area contributed by atoms with Crippen molar-refractivity contribution < 1.29 is 8.42 Å². The van der Waals surface area contributed by atoms with Crippen LogP contribution in [-0.4, -0.2) is 19.4 Å². The molecule has 1 rings (SSSR count). The van der Waals surface area contributed by atoms with Crippen molar-refractivity contribution >= 4 is 55.6 Å². The van der Waals surface area contributed by atoms with Crippen LogP contribution in [0.2, 0.25) is 4.34 Å². The fraction of sp³-hybridized carbons (Fsp3) is 0.333. The molecular formula is C6H7ClINO2S2. The summed E-state index contributed by atoms with van der Waals surface area (Å²) in [6.07, 6.45) is 0. The zero-order valence-corrected chi connectivity index (χ0v) is 11.0. The van der Waals surface area contributed by atoms with Gasteiger partial charge >= 0.3 is 0 Å². The third-order valence-electron chi connectivity index (χ3n) is 1.20. The highest BCUT2D eigenvalue weighted by molar-refractivity contribution is 14.1. The lowest BCUT2D eigenvalue weighted by molar-refractivity contribution is 0.586. The molecule has 0 unspecified atom stereocenters. The first-order valence-electron chi connectivity index (χ1n) is 3.37. The number of hydrogen-bond donors (Lipinski definition) is 1. The van der Waals surface area contributed by atoms with E-state index in [1.807, 2.05) is 0 Å². The highest BCUT2D eigenvalue weighted by atomic mass is 127. The van der Waals surface area contributed by atoms with Crippen molar-refractivity contribution in [1.29, 1.82) is 0 Å². The summed E-state index contributed by atoms with van der Waals surface area (Å²) < 4.78 is 26.8. The molecule has 0 aliphatic rings. The molecule has 0 radical (unpaired) electrons. The quantitative estimate of drug-likeness (QED) is 0.667. The Balaban J connectivity index is 2.82. The van der Waals surface area contributed by atoms with Crippen molar-refractivity contribution in [3.8, 4) is 0 Å². The number of hydrogen-bond acceptors (Lipinski definition) is 3. The first kappa shape index (κ1) is 11.7. The van der Waals surface area contributed by atoms with E-state index in [2.05, 4.69) is 27.3 Å². The Hall–Kier alpha value is 0.630. The van der Waals surface area contributed by atoms with Crippen LogP contribution >= 0.6 is 45.5 Å². The molecule has 0 aromatic carbocycles. The lowest BCUT2D eigenvalue weighted by Gasteiger charge is -2.00. The molecule has 3 nitrogen and oxygen atoms in total. The van der Waals surface area contributed by atoms with Crippen molar-refractivity contribution in [2.75, 3.05) is 11.0 Å². The summed E-state index contributed by atoms with van der Waals surface area (Å²) in [6, 6.07) is 3.08. The largest absolute Gasteiger partial charge is 0.250 e. The first-order chi connectivity index (χ1) is 6.06. The molecule has 0 atom stereocenters. The molecule has 0 aliphatic carbocycles. The van der Waals surface area contributed by atoms with Gasteiger partial charge in [0.2, 0.25) is 10.0 Å². The van der Waals surface area contributed by atoms with Crippen molar-refractivity contribution in [3.63, 3.8) is 0 Å². The van der Waals surface area contributed by atoms with Gasteiger partial charge in [0, 0.05) is 11.0 Å². The molecule has 13 heavy (non-hydrogen) atoms. The summed E-state index contributed by atoms with van der Waals surface area (Å²) in [6.45, 7) is 0.443.